The molecule has 0 unspecified atom stereocenters. The molecule has 0 amide bonds. The molecule has 1 heterocycles. The zero-order valence-electron chi connectivity index (χ0n) is 14.6. The van der Waals surface area contributed by atoms with Gasteiger partial charge in [-0.15, -0.1) is 11.3 Å². The van der Waals surface area contributed by atoms with Crippen molar-refractivity contribution >= 4 is 23.0 Å². The minimum absolute atomic E-state index is 0.490. The van der Waals surface area contributed by atoms with Gasteiger partial charge in [0.1, 0.15) is 11.1 Å². The average Bonchev–Trinajstić information content (AvgIpc) is 3.17. The van der Waals surface area contributed by atoms with E-state index in [4.69, 9.17) is 9.47 Å². The highest BCUT2D eigenvalue weighted by Crippen LogP contribution is 2.34. The van der Waals surface area contributed by atoms with Crippen molar-refractivity contribution in [1.82, 2.24) is 4.98 Å². The Bertz CT molecular complexity index is 956. The molecule has 0 aliphatic heterocycles. The zero-order chi connectivity index (χ0) is 18.4. The number of nitriles is 1. The normalized spacial score (nSPS) is 11.0. The summed E-state index contributed by atoms with van der Waals surface area (Å²) in [7, 11) is 1.60. The SMILES string of the molecule is CCOc1cccc(/C=C(/C#N)c2nc(-c3ccccc3)cs2)c1OC. The van der Waals surface area contributed by atoms with Crippen LogP contribution in [0, 0.1) is 11.3 Å². The van der Waals surface area contributed by atoms with Crippen LogP contribution in [0.2, 0.25) is 0 Å². The second-order valence-corrected chi connectivity index (χ2v) is 6.24. The molecule has 0 saturated carbocycles. The molecule has 0 saturated heterocycles. The van der Waals surface area contributed by atoms with Gasteiger partial charge >= 0.3 is 0 Å². The van der Waals surface area contributed by atoms with Gasteiger partial charge in [0.2, 0.25) is 0 Å². The fourth-order valence-electron chi connectivity index (χ4n) is 2.57. The summed E-state index contributed by atoms with van der Waals surface area (Å²) in [4.78, 5) is 4.62. The molecule has 5 heteroatoms. The first kappa shape index (κ1) is 17.7. The van der Waals surface area contributed by atoms with Gasteiger partial charge in [-0.05, 0) is 19.1 Å². The molecule has 0 N–H and O–H groups in total. The maximum Gasteiger partial charge on any atom is 0.167 e. The molecule has 130 valence electrons. The fourth-order valence-corrected chi connectivity index (χ4v) is 3.36. The lowest BCUT2D eigenvalue weighted by molar-refractivity contribution is 0.310. The van der Waals surface area contributed by atoms with E-state index in [9.17, 15) is 5.26 Å². The second kappa shape index (κ2) is 8.32. The predicted molar refractivity (Wildman–Crippen MR) is 105 cm³/mol. The first-order valence-electron chi connectivity index (χ1n) is 8.19. The lowest BCUT2D eigenvalue weighted by Gasteiger charge is -2.11. The molecule has 0 aliphatic rings. The average molecular weight is 362 g/mol. The Morgan fingerprint density at radius 2 is 2.00 bits per heavy atom. The summed E-state index contributed by atoms with van der Waals surface area (Å²) in [5.41, 5.74) is 3.17. The Morgan fingerprint density at radius 1 is 1.19 bits per heavy atom. The van der Waals surface area contributed by atoms with E-state index >= 15 is 0 Å². The molecule has 0 fully saturated rings. The van der Waals surface area contributed by atoms with Gasteiger partial charge < -0.3 is 9.47 Å². The third-order valence-corrected chi connectivity index (χ3v) is 4.61. The molecular weight excluding hydrogens is 344 g/mol. The summed E-state index contributed by atoms with van der Waals surface area (Å²) in [6, 6.07) is 17.8. The van der Waals surface area contributed by atoms with Crippen LogP contribution in [-0.2, 0) is 0 Å². The van der Waals surface area contributed by atoms with Crippen molar-refractivity contribution < 1.29 is 9.47 Å². The second-order valence-electron chi connectivity index (χ2n) is 5.39. The van der Waals surface area contributed by atoms with Crippen LogP contribution in [0.4, 0.5) is 0 Å². The monoisotopic (exact) mass is 362 g/mol. The van der Waals surface area contributed by atoms with Gasteiger partial charge in [-0.2, -0.15) is 5.26 Å². The minimum Gasteiger partial charge on any atom is -0.492 e. The molecule has 26 heavy (non-hydrogen) atoms. The Hall–Kier alpha value is -3.10. The highest BCUT2D eigenvalue weighted by molar-refractivity contribution is 7.11. The van der Waals surface area contributed by atoms with Crippen LogP contribution in [0.5, 0.6) is 11.5 Å². The van der Waals surface area contributed by atoms with E-state index in [2.05, 4.69) is 11.1 Å². The number of ether oxygens (including phenoxy) is 2. The van der Waals surface area contributed by atoms with Gasteiger partial charge in [0.25, 0.3) is 0 Å². The minimum atomic E-state index is 0.490. The van der Waals surface area contributed by atoms with Crippen LogP contribution in [0.3, 0.4) is 0 Å². The van der Waals surface area contributed by atoms with Gasteiger partial charge in [-0.1, -0.05) is 42.5 Å². The van der Waals surface area contributed by atoms with Gasteiger partial charge in [0.05, 0.1) is 25.0 Å². The molecule has 0 atom stereocenters. The molecule has 0 aliphatic carbocycles. The number of aromatic nitrogens is 1. The van der Waals surface area contributed by atoms with Crippen molar-refractivity contribution in [3.8, 4) is 28.8 Å². The Kier molecular flexibility index (Phi) is 5.67. The summed E-state index contributed by atoms with van der Waals surface area (Å²) in [5.74, 6) is 1.27. The predicted octanol–water partition coefficient (Wildman–Crippen LogP) is 5.28. The number of rotatable bonds is 6. The van der Waals surface area contributed by atoms with Gasteiger partial charge in [0.15, 0.2) is 11.5 Å². The van der Waals surface area contributed by atoms with Crippen LogP contribution >= 0.6 is 11.3 Å². The number of benzene rings is 2. The van der Waals surface area contributed by atoms with Gasteiger partial charge in [-0.3, -0.25) is 0 Å². The number of allylic oxidation sites excluding steroid dienone is 1. The smallest absolute Gasteiger partial charge is 0.167 e. The topological polar surface area (TPSA) is 55.1 Å². The van der Waals surface area contributed by atoms with E-state index in [0.717, 1.165) is 16.8 Å². The van der Waals surface area contributed by atoms with Gasteiger partial charge in [-0.25, -0.2) is 4.98 Å². The van der Waals surface area contributed by atoms with Crippen LogP contribution in [0.15, 0.2) is 53.9 Å². The largest absolute Gasteiger partial charge is 0.492 e. The number of methoxy groups -OCH3 is 1. The number of hydrogen-bond donors (Lipinski definition) is 0. The third kappa shape index (κ3) is 3.76. The van der Waals surface area contributed by atoms with E-state index in [1.165, 1.54) is 11.3 Å². The highest BCUT2D eigenvalue weighted by atomic mass is 32.1. The molecule has 0 bridgehead atoms. The maximum absolute atomic E-state index is 9.63. The van der Waals surface area contributed by atoms with E-state index in [1.807, 2.05) is 60.8 Å². The van der Waals surface area contributed by atoms with E-state index in [-0.39, 0.29) is 0 Å². The van der Waals surface area contributed by atoms with Crippen LogP contribution in [0.25, 0.3) is 22.9 Å². The number of hydrogen-bond acceptors (Lipinski definition) is 5. The lowest BCUT2D eigenvalue weighted by atomic mass is 10.1. The molecule has 4 nitrogen and oxygen atoms in total. The van der Waals surface area contributed by atoms with Crippen molar-refractivity contribution in [1.29, 1.82) is 5.26 Å². The molecule has 0 radical (unpaired) electrons. The third-order valence-electron chi connectivity index (χ3n) is 3.74. The summed E-state index contributed by atoms with van der Waals surface area (Å²) in [6.07, 6.45) is 1.79. The van der Waals surface area contributed by atoms with Gasteiger partial charge in [0, 0.05) is 16.5 Å². The highest BCUT2D eigenvalue weighted by Gasteiger charge is 2.13. The molecule has 0 spiro atoms. The van der Waals surface area contributed by atoms with Crippen LogP contribution < -0.4 is 9.47 Å². The van der Waals surface area contributed by atoms with E-state index in [0.29, 0.717) is 28.7 Å². The van der Waals surface area contributed by atoms with E-state index in [1.54, 1.807) is 13.2 Å². The molecular formula is C21H18N2O2S. The van der Waals surface area contributed by atoms with Crippen molar-refractivity contribution in [2.75, 3.05) is 13.7 Å². The first-order valence-corrected chi connectivity index (χ1v) is 9.07. The summed E-state index contributed by atoms with van der Waals surface area (Å²) >= 11 is 1.45. The lowest BCUT2D eigenvalue weighted by Crippen LogP contribution is -1.97. The Labute approximate surface area is 157 Å². The first-order chi connectivity index (χ1) is 12.8. The van der Waals surface area contributed by atoms with Crippen molar-refractivity contribution in [3.05, 3.63) is 64.5 Å². The summed E-state index contributed by atoms with van der Waals surface area (Å²) in [6.45, 7) is 2.46. The zero-order valence-corrected chi connectivity index (χ0v) is 15.4. The van der Waals surface area contributed by atoms with E-state index < -0.39 is 0 Å². The number of nitrogens with zero attached hydrogens (tertiary/aromatic N) is 2. The molecule has 3 aromatic rings. The van der Waals surface area contributed by atoms with Crippen LogP contribution in [-0.4, -0.2) is 18.7 Å². The maximum atomic E-state index is 9.63. The van der Waals surface area contributed by atoms with Crippen molar-refractivity contribution in [3.63, 3.8) is 0 Å². The van der Waals surface area contributed by atoms with Crippen LogP contribution in [0.1, 0.15) is 17.5 Å². The quantitative estimate of drug-likeness (QED) is 0.560. The number of thiazole rings is 1. The molecule has 3 rings (SSSR count). The molecule has 1 aromatic heterocycles. The fraction of sp³-hybridized carbons (Fsp3) is 0.143. The van der Waals surface area contributed by atoms with Crippen molar-refractivity contribution in [2.45, 2.75) is 6.92 Å². The Balaban J connectivity index is 1.99. The standard InChI is InChI=1S/C21H18N2O2S/c1-3-25-19-11-7-10-16(20(19)24-2)12-17(13-22)21-23-18(14-26-21)15-8-5-4-6-9-15/h4-12,14H,3H2,1-2H3/b17-12-. The van der Waals surface area contributed by atoms with Crippen molar-refractivity contribution in [2.24, 2.45) is 0 Å². The summed E-state index contributed by atoms with van der Waals surface area (Å²) < 4.78 is 11.1. The number of para-hydroxylation sites is 1. The molecule has 2 aromatic carbocycles. The Morgan fingerprint density at radius 3 is 2.69 bits per heavy atom. The summed E-state index contributed by atoms with van der Waals surface area (Å²) in [5, 5.41) is 12.3.